The number of H-pyrrole nitrogens is 3. The number of carboxylic acid groups (broad SMARTS) is 2. The fraction of sp³-hybridized carbons (Fsp3) is 0.309. The second kappa shape index (κ2) is 57.2. The average molecular weight is 2070 g/mol. The Balaban J connectivity index is 0.000000225. The van der Waals surface area contributed by atoms with E-state index in [4.69, 9.17) is 35.0 Å². The van der Waals surface area contributed by atoms with Crippen molar-refractivity contribution in [3.63, 3.8) is 0 Å². The Morgan fingerprint density at radius 1 is 0.383 bits per heavy atom. The number of hydrogen-bond donors (Lipinski definition) is 13. The van der Waals surface area contributed by atoms with Crippen LogP contribution in [0.1, 0.15) is 123 Å². The summed E-state index contributed by atoms with van der Waals surface area (Å²) in [6.45, 7) is 13.4. The molecule has 0 spiro atoms. The lowest BCUT2D eigenvalue weighted by Gasteiger charge is -2.43. The fourth-order valence-electron chi connectivity index (χ4n) is 16.0. The molecule has 0 aliphatic heterocycles. The number of fused-ring (bicyclic) bond motifs is 3. The summed E-state index contributed by atoms with van der Waals surface area (Å²) in [5.41, 5.74) is 10.0. The molecule has 0 unspecified atom stereocenters. The van der Waals surface area contributed by atoms with Gasteiger partial charge in [0.05, 0.1) is 84.8 Å². The first-order valence-electron chi connectivity index (χ1n) is 48.6. The highest BCUT2D eigenvalue weighted by atomic mass is 28.4. The number of allylic oxidation sites excluding steroid dienone is 3. The highest BCUT2D eigenvalue weighted by molar-refractivity contribution is 7.00. The molecule has 149 heavy (non-hydrogen) atoms. The van der Waals surface area contributed by atoms with Crippen molar-refractivity contribution in [3.8, 4) is 0 Å². The molecule has 0 aliphatic carbocycles. The fourth-order valence-corrected chi connectivity index (χ4v) is 25.1. The third-order valence-corrected chi connectivity index (χ3v) is 33.6. The predicted octanol–water partition coefficient (Wildman–Crippen LogP) is 9.55. The topological polar surface area (TPSA) is 518 Å². The number of aliphatic hydroxyl groups excluding tert-OH is 2. The number of rotatable bonds is 42. The standard InChI is InChI=1S/C41H48N6O5Si.C25H30N6O5.C22H26N6O3.C19H24O3Si.C3H6O3/c1-41(2,3)53(30-17-8-6-9-18-30,31-19-10-7-11-20-31)52-28-26-37(48)44-34(23-14-15-25-38(49)46(4)5)39(50)45-35-24-16-27-47(40(35)51)29-36-42-32-21-12-13-22-33(32)43-36;1-30(2)23(34)12-6-5-10-19(28-22(33)13-15-32)24(35)29-20-11-7-14-31(25(20)36)16-21-26-17-8-3-4-9-18(17)27-21;1-27(2)20(29)12-6-3-8-15(23)21(30)26-18-11-7-13-28(22(18)31)14-19-24-16-9-4-5-10-17(16)25-19;1-19(2,3)23(22-15-14-18(20)21,16-10-6-4-7-11-16)17-12-8-5-9-13-17;4-2-1-3(5)6/h6-13,15-22,24-25,27,34H,14,23,26,28-29H2,1-5H3,(H,42,43)(H,44,48)(H,45,50);3-4,6-9,11-12,14,19,32H,5,10,13,15-16H2,1-2H3,(H,26,27)(H,28,33)(H,29,35);4-7,9-13,15H,3,8,14,23H2,1-2H3,(H,24,25)(H,26,30);4-13H,14-15H2,1-3H3,(H,20,21);4H,1-2H2,(H,5,6)/b25-15+;2*12-6+;;/t34-;19-;15-;;/m000../s1. The molecule has 37 nitrogen and oxygen atoms in total. The number of likely N-dealkylation sites (N-methyl/N-ethyl adjacent to an activating group) is 3. The third kappa shape index (κ3) is 34.6. The quantitative estimate of drug-likeness (QED) is 0.0125. The first kappa shape index (κ1) is 117. The molecule has 7 aromatic carbocycles. The number of aliphatic carboxylic acids is 2. The van der Waals surface area contributed by atoms with Crippen LogP contribution in [0.3, 0.4) is 0 Å². The number of benzene rings is 7. The van der Waals surface area contributed by atoms with E-state index in [1.165, 1.54) is 75.2 Å². The number of nitrogens with one attached hydrogen (secondary N) is 8. The summed E-state index contributed by atoms with van der Waals surface area (Å²) in [4.78, 5) is 187. The van der Waals surface area contributed by atoms with E-state index >= 15 is 0 Å². The third-order valence-electron chi connectivity index (χ3n) is 23.5. The second-order valence-corrected chi connectivity index (χ2v) is 46.0. The maximum absolute atomic E-state index is 13.7. The van der Waals surface area contributed by atoms with Crippen LogP contribution in [0.15, 0.2) is 300 Å². The van der Waals surface area contributed by atoms with Gasteiger partial charge in [-0.3, -0.25) is 62.3 Å². The van der Waals surface area contributed by atoms with Gasteiger partial charge in [0.1, 0.15) is 46.6 Å². The normalized spacial score (nSPS) is 12.1. The van der Waals surface area contributed by atoms with E-state index in [9.17, 15) is 62.3 Å². The number of aromatic amines is 3. The van der Waals surface area contributed by atoms with Gasteiger partial charge in [-0.15, -0.1) is 0 Å². The number of nitrogens with two attached hydrogens (primary N) is 1. The molecule has 0 saturated carbocycles. The van der Waals surface area contributed by atoms with E-state index in [1.54, 1.807) is 97.3 Å². The first-order chi connectivity index (χ1) is 71.2. The number of aliphatic hydroxyl groups is 2. The number of aromatic nitrogens is 9. The summed E-state index contributed by atoms with van der Waals surface area (Å²) in [7, 11) is 4.42. The van der Waals surface area contributed by atoms with Gasteiger partial charge in [-0.2, -0.15) is 0 Å². The lowest BCUT2D eigenvalue weighted by Crippen LogP contribution is -2.66. The van der Waals surface area contributed by atoms with Crippen molar-refractivity contribution in [1.29, 1.82) is 0 Å². The molecule has 3 atom stereocenters. The minimum absolute atomic E-state index is 0.0128. The van der Waals surface area contributed by atoms with Crippen molar-refractivity contribution >= 4 is 147 Å². The Labute approximate surface area is 866 Å². The van der Waals surface area contributed by atoms with E-state index in [1.807, 2.05) is 146 Å². The molecule has 14 N–H and O–H groups in total. The largest absolute Gasteiger partial charge is 0.481 e. The van der Waals surface area contributed by atoms with Crippen molar-refractivity contribution in [2.75, 3.05) is 84.7 Å². The van der Waals surface area contributed by atoms with Gasteiger partial charge in [-0.05, 0) is 160 Å². The van der Waals surface area contributed by atoms with Gasteiger partial charge in [0.25, 0.3) is 33.3 Å². The number of pyridine rings is 3. The van der Waals surface area contributed by atoms with E-state index in [0.29, 0.717) is 43.2 Å². The van der Waals surface area contributed by atoms with Crippen LogP contribution in [-0.4, -0.2) is 241 Å². The van der Waals surface area contributed by atoms with Crippen molar-refractivity contribution < 1.29 is 77.2 Å². The Kier molecular flexibility index (Phi) is 44.7. The average Bonchev–Trinajstić information content (AvgIpc) is 1.64. The van der Waals surface area contributed by atoms with Gasteiger partial charge in [-0.1, -0.05) is 217 Å². The lowest BCUT2D eigenvalue weighted by molar-refractivity contribution is -0.138. The molecule has 786 valence electrons. The predicted molar refractivity (Wildman–Crippen MR) is 582 cm³/mol. The number of para-hydroxylation sites is 6. The summed E-state index contributed by atoms with van der Waals surface area (Å²) in [6, 6.07) is 70.3. The van der Waals surface area contributed by atoms with Crippen LogP contribution in [0.2, 0.25) is 10.1 Å². The molecule has 39 heteroatoms. The van der Waals surface area contributed by atoms with Crippen molar-refractivity contribution in [1.82, 2.24) is 68.9 Å². The Hall–Kier alpha value is -16.0. The maximum Gasteiger partial charge on any atom is 0.305 e. The number of carbonyl (C=O) groups is 10. The number of nitrogens with zero attached hydrogens (tertiary/aromatic N) is 9. The zero-order valence-electron chi connectivity index (χ0n) is 85.9. The van der Waals surface area contributed by atoms with Gasteiger partial charge in [0.15, 0.2) is 0 Å². The van der Waals surface area contributed by atoms with E-state index in [0.717, 1.165) is 43.5 Å². The molecule has 0 aliphatic rings. The molecule has 0 radical (unpaired) electrons. The van der Waals surface area contributed by atoms with Gasteiger partial charge in [-0.25, -0.2) is 15.0 Å². The molecule has 0 fully saturated rings. The molecule has 8 amide bonds. The second-order valence-electron chi connectivity index (χ2n) is 37.4. The summed E-state index contributed by atoms with van der Waals surface area (Å²) in [6.07, 6.45) is 15.7. The Morgan fingerprint density at radius 3 is 0.946 bits per heavy atom. The number of amides is 8. The van der Waals surface area contributed by atoms with Crippen molar-refractivity contribution in [2.45, 2.75) is 154 Å². The van der Waals surface area contributed by atoms with Crippen LogP contribution < -0.4 is 69.7 Å². The van der Waals surface area contributed by atoms with Crippen LogP contribution in [0.25, 0.3) is 33.1 Å². The highest BCUT2D eigenvalue weighted by Gasteiger charge is 2.51. The number of hydrogen-bond acceptors (Lipinski definition) is 21. The van der Waals surface area contributed by atoms with Crippen LogP contribution in [0.4, 0.5) is 17.1 Å². The zero-order valence-corrected chi connectivity index (χ0v) is 87.9. The molecular weight excluding hydrogens is 1930 g/mol. The van der Waals surface area contributed by atoms with Crippen LogP contribution in [0, 0.1) is 0 Å². The number of imidazole rings is 3. The maximum atomic E-state index is 13.7. The van der Waals surface area contributed by atoms with E-state index in [2.05, 4.69) is 147 Å². The summed E-state index contributed by atoms with van der Waals surface area (Å²) in [5.74, 6) is -2.92. The summed E-state index contributed by atoms with van der Waals surface area (Å²) >= 11 is 0. The lowest BCUT2D eigenvalue weighted by atomic mass is 10.1. The molecule has 13 aromatic rings. The summed E-state index contributed by atoms with van der Waals surface area (Å²) < 4.78 is 17.7. The molecular formula is C110H134N18O19Si2. The smallest absolute Gasteiger partial charge is 0.305 e. The SMILES string of the molecule is CC(C)(C)[Si](OCCC(=O)O)(c1ccccc1)c1ccccc1.CN(C)C(=O)/C=C/CC[C@H](N)C(=O)Nc1cccn(Cc2nc3ccccc3[nH]2)c1=O.CN(C)C(=O)/C=C/CC[C@H](NC(=O)CCO)C(=O)Nc1cccn(Cc2nc3ccccc3[nH]2)c1=O.CN(C)C(=O)/C=C/CC[C@H](NC(=O)CCO[Si](c1ccccc1)(c1ccccc1)C(C)(C)C)C(=O)Nc1cccn(Cc2nc3ccccc3[nH]2)c1=O.O=C(O)CCO. The number of anilines is 3. The van der Waals surface area contributed by atoms with Gasteiger partial charge in [0.2, 0.25) is 47.3 Å². The molecule has 6 heterocycles. The Morgan fingerprint density at radius 2 is 0.664 bits per heavy atom. The minimum Gasteiger partial charge on any atom is -0.481 e. The molecule has 6 aromatic heterocycles. The van der Waals surface area contributed by atoms with Crippen LogP contribution in [0.5, 0.6) is 0 Å². The zero-order chi connectivity index (χ0) is 108. The van der Waals surface area contributed by atoms with Crippen LogP contribution >= 0.6 is 0 Å². The summed E-state index contributed by atoms with van der Waals surface area (Å²) in [5, 5.41) is 51.2. The molecule has 0 bridgehead atoms. The molecule has 13 rings (SSSR count). The van der Waals surface area contributed by atoms with Crippen molar-refractivity contribution in [2.24, 2.45) is 5.73 Å². The van der Waals surface area contributed by atoms with Crippen molar-refractivity contribution in [3.05, 3.63) is 334 Å². The van der Waals surface area contributed by atoms with Gasteiger partial charge < -0.3 is 105 Å². The van der Waals surface area contributed by atoms with E-state index in [-0.39, 0.29) is 141 Å². The minimum atomic E-state index is -2.87. The van der Waals surface area contributed by atoms with E-state index < -0.39 is 81.4 Å². The monoisotopic (exact) mass is 2070 g/mol. The Bertz CT molecular complexity index is 6750. The highest BCUT2D eigenvalue weighted by Crippen LogP contribution is 2.38. The van der Waals surface area contributed by atoms with Gasteiger partial charge >= 0.3 is 11.9 Å². The number of carboxylic acids is 2. The number of carbonyl (C=O) groups excluding carboxylic acids is 8. The first-order valence-corrected chi connectivity index (χ1v) is 52.4. The molecule has 0 saturated heterocycles. The van der Waals surface area contributed by atoms with Gasteiger partial charge in [0, 0.05) is 86.9 Å². The van der Waals surface area contributed by atoms with Crippen LogP contribution in [-0.2, 0) is 76.4 Å².